The van der Waals surface area contributed by atoms with Gasteiger partial charge in [0.15, 0.2) is 46.0 Å². The highest BCUT2D eigenvalue weighted by Crippen LogP contribution is 2.29. The molecule has 13 heteroatoms. The van der Waals surface area contributed by atoms with E-state index in [-0.39, 0.29) is 59.2 Å². The number of hydrogen-bond donors (Lipinski definition) is 6. The van der Waals surface area contributed by atoms with Gasteiger partial charge in [-0.15, -0.1) is 0 Å². The first-order valence-corrected chi connectivity index (χ1v) is 16.5. The molecule has 280 valence electrons. The first-order chi connectivity index (χ1) is 25.5. The topological polar surface area (TPSA) is 185 Å². The number of rotatable bonds is 18. The molecule has 0 bridgehead atoms. The van der Waals surface area contributed by atoms with Crippen molar-refractivity contribution in [2.75, 3.05) is 41.7 Å². The first-order valence-electron chi connectivity index (χ1n) is 16.5. The second kappa shape index (κ2) is 19.3. The molecular formula is C40H44N2O11. The van der Waals surface area contributed by atoms with Crippen LogP contribution in [0.3, 0.4) is 0 Å². The van der Waals surface area contributed by atoms with Crippen molar-refractivity contribution in [3.63, 3.8) is 0 Å². The van der Waals surface area contributed by atoms with Gasteiger partial charge in [-0.25, -0.2) is 0 Å². The molecule has 4 aromatic rings. The minimum Gasteiger partial charge on any atom is -0.504 e. The van der Waals surface area contributed by atoms with Gasteiger partial charge >= 0.3 is 0 Å². The summed E-state index contributed by atoms with van der Waals surface area (Å²) in [5, 5.41) is 45.9. The molecule has 0 aliphatic heterocycles. The SMILES string of the molecule is COc1cc(/C=C/C(=O)N[C@H](COC[C@@H](Cc2ccc(O)c(OC)c2)NC(=O)/C=C/c2ccc(O)c(OC)c2)Cc2ccc(O)c(OC)c2)ccc1O. The van der Waals surface area contributed by atoms with Crippen LogP contribution in [-0.2, 0) is 27.2 Å². The van der Waals surface area contributed by atoms with Gasteiger partial charge in [0, 0.05) is 12.2 Å². The molecule has 2 amide bonds. The van der Waals surface area contributed by atoms with E-state index in [0.717, 1.165) is 11.1 Å². The molecular weight excluding hydrogens is 684 g/mol. The minimum absolute atomic E-state index is 0.0243. The van der Waals surface area contributed by atoms with E-state index in [9.17, 15) is 30.0 Å². The standard InChI is InChI=1S/C40H44N2O11/c1-49-35-19-25(5-11-31(35)43)9-15-39(47)41-29(17-27-7-13-33(45)37(21-27)51-3)23-53-24-30(18-28-8-14-34(46)38(22-28)52-4)42-40(48)16-10-26-6-12-32(44)36(20-26)50-2/h5-16,19-22,29-30,43-46H,17-18,23-24H2,1-4H3,(H,41,47)(H,42,48)/b15-9+,16-10+/t29-,30+. The molecule has 0 spiro atoms. The van der Waals surface area contributed by atoms with Crippen molar-refractivity contribution in [2.45, 2.75) is 24.9 Å². The minimum atomic E-state index is -0.551. The number of aromatic hydroxyl groups is 4. The number of phenolic OH excluding ortho intramolecular Hbond substituents is 4. The van der Waals surface area contributed by atoms with Gasteiger partial charge < -0.3 is 54.7 Å². The molecule has 6 N–H and O–H groups in total. The summed E-state index contributed by atoms with van der Waals surface area (Å²) in [7, 11) is 5.75. The Morgan fingerprint density at radius 2 is 0.887 bits per heavy atom. The lowest BCUT2D eigenvalue weighted by Crippen LogP contribution is -2.42. The Morgan fingerprint density at radius 3 is 1.25 bits per heavy atom. The van der Waals surface area contributed by atoms with E-state index >= 15 is 0 Å². The van der Waals surface area contributed by atoms with Crippen molar-refractivity contribution in [2.24, 2.45) is 0 Å². The lowest BCUT2D eigenvalue weighted by Gasteiger charge is -2.22. The zero-order chi connectivity index (χ0) is 38.3. The van der Waals surface area contributed by atoms with Gasteiger partial charge in [-0.2, -0.15) is 0 Å². The highest BCUT2D eigenvalue weighted by Gasteiger charge is 2.18. The molecule has 0 aromatic heterocycles. The number of amides is 2. The third-order valence-electron chi connectivity index (χ3n) is 8.05. The number of hydrogen-bond acceptors (Lipinski definition) is 11. The van der Waals surface area contributed by atoms with Crippen molar-refractivity contribution < 1.29 is 53.7 Å². The average molecular weight is 729 g/mol. The molecule has 0 fully saturated rings. The average Bonchev–Trinajstić information content (AvgIpc) is 3.15. The summed E-state index contributed by atoms with van der Waals surface area (Å²) < 4.78 is 27.0. The Hall–Kier alpha value is -6.34. The van der Waals surface area contributed by atoms with E-state index < -0.39 is 23.9 Å². The van der Waals surface area contributed by atoms with Gasteiger partial charge in [-0.05, 0) is 95.8 Å². The fourth-order valence-electron chi connectivity index (χ4n) is 5.36. The fraction of sp³-hybridized carbons (Fsp3) is 0.250. The number of nitrogens with one attached hydrogen (secondary N) is 2. The maximum atomic E-state index is 13.1. The summed E-state index contributed by atoms with van der Waals surface area (Å²) in [5.74, 6) is 0.175. The van der Waals surface area contributed by atoms with Crippen molar-refractivity contribution in [1.82, 2.24) is 10.6 Å². The molecule has 53 heavy (non-hydrogen) atoms. The number of ether oxygens (including phenoxy) is 5. The highest BCUT2D eigenvalue weighted by molar-refractivity contribution is 5.92. The van der Waals surface area contributed by atoms with Crippen LogP contribution in [-0.4, -0.2) is 86.0 Å². The van der Waals surface area contributed by atoms with E-state index in [4.69, 9.17) is 23.7 Å². The van der Waals surface area contributed by atoms with Gasteiger partial charge in [0.1, 0.15) is 0 Å². The number of carbonyl (C=O) groups is 2. The highest BCUT2D eigenvalue weighted by atomic mass is 16.5. The summed E-state index contributed by atoms with van der Waals surface area (Å²) in [6, 6.07) is 18.1. The van der Waals surface area contributed by atoms with Gasteiger partial charge in [0.2, 0.25) is 11.8 Å². The Bertz CT molecular complexity index is 1790. The van der Waals surface area contributed by atoms with Crippen LogP contribution < -0.4 is 29.6 Å². The Balaban J connectivity index is 1.51. The van der Waals surface area contributed by atoms with Crippen molar-refractivity contribution >= 4 is 24.0 Å². The van der Waals surface area contributed by atoms with E-state index in [2.05, 4.69) is 10.6 Å². The van der Waals surface area contributed by atoms with Crippen LogP contribution in [0.1, 0.15) is 22.3 Å². The van der Waals surface area contributed by atoms with Crippen molar-refractivity contribution in [3.8, 4) is 46.0 Å². The van der Waals surface area contributed by atoms with E-state index in [1.165, 1.54) is 64.9 Å². The second-order valence-electron chi connectivity index (χ2n) is 11.9. The number of methoxy groups -OCH3 is 4. The molecule has 0 saturated carbocycles. The smallest absolute Gasteiger partial charge is 0.244 e. The molecule has 2 atom stereocenters. The summed E-state index contributed by atoms with van der Waals surface area (Å²) in [5.41, 5.74) is 2.79. The van der Waals surface area contributed by atoms with Crippen molar-refractivity contribution in [1.29, 1.82) is 0 Å². The summed E-state index contributed by atoms with van der Waals surface area (Å²) >= 11 is 0. The quantitative estimate of drug-likeness (QED) is 0.0778. The van der Waals surface area contributed by atoms with Crippen LogP contribution >= 0.6 is 0 Å². The summed E-state index contributed by atoms with van der Waals surface area (Å²) in [6.45, 7) is 0.0917. The van der Waals surface area contributed by atoms with E-state index in [1.54, 1.807) is 60.7 Å². The van der Waals surface area contributed by atoms with Gasteiger partial charge in [-0.1, -0.05) is 24.3 Å². The predicted octanol–water partition coefficient (Wildman–Crippen LogP) is 4.74. The predicted molar refractivity (Wildman–Crippen MR) is 199 cm³/mol. The Labute approximate surface area is 307 Å². The van der Waals surface area contributed by atoms with Crippen LogP contribution in [0.2, 0.25) is 0 Å². The molecule has 4 aromatic carbocycles. The monoisotopic (exact) mass is 728 g/mol. The Morgan fingerprint density at radius 1 is 0.547 bits per heavy atom. The summed E-state index contributed by atoms with van der Waals surface area (Å²) in [4.78, 5) is 26.2. The number of carbonyl (C=O) groups excluding carboxylic acids is 2. The van der Waals surface area contributed by atoms with Gasteiger partial charge in [-0.3, -0.25) is 9.59 Å². The van der Waals surface area contributed by atoms with Gasteiger partial charge in [0.25, 0.3) is 0 Å². The maximum Gasteiger partial charge on any atom is 0.244 e. The molecule has 4 rings (SSSR count). The zero-order valence-corrected chi connectivity index (χ0v) is 29.9. The maximum absolute atomic E-state index is 13.1. The summed E-state index contributed by atoms with van der Waals surface area (Å²) in [6.07, 6.45) is 6.50. The Kier molecular flexibility index (Phi) is 14.4. The van der Waals surface area contributed by atoms with Crippen LogP contribution in [0.25, 0.3) is 12.2 Å². The molecule has 0 unspecified atom stereocenters. The molecule has 0 saturated heterocycles. The van der Waals surface area contributed by atoms with Crippen LogP contribution in [0.5, 0.6) is 46.0 Å². The second-order valence-corrected chi connectivity index (χ2v) is 11.9. The van der Waals surface area contributed by atoms with Gasteiger partial charge in [0.05, 0.1) is 53.7 Å². The lowest BCUT2D eigenvalue weighted by atomic mass is 10.0. The third kappa shape index (κ3) is 11.9. The molecule has 13 nitrogen and oxygen atoms in total. The zero-order valence-electron chi connectivity index (χ0n) is 29.9. The first kappa shape index (κ1) is 39.4. The van der Waals surface area contributed by atoms with Crippen LogP contribution in [0.15, 0.2) is 84.9 Å². The third-order valence-corrected chi connectivity index (χ3v) is 8.05. The number of benzene rings is 4. The normalized spacial score (nSPS) is 12.3. The molecule has 0 aliphatic carbocycles. The molecule has 0 aliphatic rings. The van der Waals surface area contributed by atoms with Crippen molar-refractivity contribution in [3.05, 3.63) is 107 Å². The van der Waals surface area contributed by atoms with E-state index in [0.29, 0.717) is 24.0 Å². The molecule has 0 heterocycles. The van der Waals surface area contributed by atoms with E-state index in [1.807, 2.05) is 0 Å². The lowest BCUT2D eigenvalue weighted by molar-refractivity contribution is -0.117. The fourth-order valence-corrected chi connectivity index (χ4v) is 5.36. The van der Waals surface area contributed by atoms with Crippen LogP contribution in [0.4, 0.5) is 0 Å². The largest absolute Gasteiger partial charge is 0.504 e. The van der Waals surface area contributed by atoms with Crippen LogP contribution in [0, 0.1) is 0 Å². The molecule has 0 radical (unpaired) electrons. The number of phenols is 4.